The van der Waals surface area contributed by atoms with E-state index >= 15 is 0 Å². The van der Waals surface area contributed by atoms with Gasteiger partial charge < -0.3 is 5.32 Å². The lowest BCUT2D eigenvalue weighted by Crippen LogP contribution is -2.12. The summed E-state index contributed by atoms with van der Waals surface area (Å²) >= 11 is 0. The van der Waals surface area contributed by atoms with E-state index in [0.717, 1.165) is 12.1 Å². The van der Waals surface area contributed by atoms with Gasteiger partial charge in [-0.25, -0.2) is 0 Å². The maximum absolute atomic E-state index is 12.5. The number of amides is 1. The highest BCUT2D eigenvalue weighted by Gasteiger charge is 2.30. The van der Waals surface area contributed by atoms with Crippen LogP contribution in [0.15, 0.2) is 54.6 Å². The van der Waals surface area contributed by atoms with Crippen LogP contribution in [-0.4, -0.2) is 5.91 Å². The van der Waals surface area contributed by atoms with Crippen molar-refractivity contribution in [2.75, 3.05) is 5.32 Å². The molecule has 0 heterocycles. The van der Waals surface area contributed by atoms with E-state index in [9.17, 15) is 18.0 Å². The van der Waals surface area contributed by atoms with Crippen molar-refractivity contribution in [1.82, 2.24) is 0 Å². The number of halogens is 3. The van der Waals surface area contributed by atoms with E-state index in [1.807, 2.05) is 0 Å². The molecule has 0 aliphatic rings. The molecule has 5 heteroatoms. The van der Waals surface area contributed by atoms with Crippen LogP contribution < -0.4 is 5.32 Å². The van der Waals surface area contributed by atoms with Crippen LogP contribution >= 0.6 is 0 Å². The summed E-state index contributed by atoms with van der Waals surface area (Å²) in [6, 6.07) is 12.8. The van der Waals surface area contributed by atoms with Crippen LogP contribution in [-0.2, 0) is 6.18 Å². The topological polar surface area (TPSA) is 29.1 Å². The van der Waals surface area contributed by atoms with Crippen LogP contribution in [0.3, 0.4) is 0 Å². The molecule has 0 aromatic heterocycles. The Morgan fingerprint density at radius 2 is 1.63 bits per heavy atom. The minimum atomic E-state index is -4.42. The van der Waals surface area contributed by atoms with Gasteiger partial charge in [-0.1, -0.05) is 24.3 Å². The van der Waals surface area contributed by atoms with Gasteiger partial charge in [-0.05, 0) is 30.3 Å². The van der Waals surface area contributed by atoms with Crippen molar-refractivity contribution in [2.45, 2.75) is 6.18 Å². The average molecular weight is 265 g/mol. The van der Waals surface area contributed by atoms with Crippen molar-refractivity contribution in [1.29, 1.82) is 0 Å². The smallest absolute Gasteiger partial charge is 0.322 e. The number of hydrogen-bond donors (Lipinski definition) is 1. The highest BCUT2D eigenvalue weighted by molar-refractivity contribution is 6.04. The number of anilines is 1. The first-order valence-corrected chi connectivity index (χ1v) is 5.50. The maximum atomic E-state index is 12.5. The second-order valence-corrected chi connectivity index (χ2v) is 3.90. The van der Waals surface area contributed by atoms with Gasteiger partial charge in [0.15, 0.2) is 0 Å². The Hall–Kier alpha value is -2.30. The molecule has 2 aromatic rings. The molecule has 98 valence electrons. The van der Waals surface area contributed by atoms with Crippen molar-refractivity contribution in [3.05, 3.63) is 65.7 Å². The SMILES string of the molecule is O=C(Nc1cccc(C(F)(F)F)c1)c1ccccc1. The van der Waals surface area contributed by atoms with Crippen molar-refractivity contribution in [3.63, 3.8) is 0 Å². The molecular formula is C14H10F3NO. The number of hydrogen-bond acceptors (Lipinski definition) is 1. The molecule has 2 nitrogen and oxygen atoms in total. The first kappa shape index (κ1) is 13.1. The summed E-state index contributed by atoms with van der Waals surface area (Å²) in [6.45, 7) is 0. The highest BCUT2D eigenvalue weighted by atomic mass is 19.4. The first-order chi connectivity index (χ1) is 8.97. The van der Waals surface area contributed by atoms with Gasteiger partial charge in [0, 0.05) is 11.3 Å². The first-order valence-electron chi connectivity index (χ1n) is 5.50. The fourth-order valence-electron chi connectivity index (χ4n) is 1.57. The Bertz CT molecular complexity index is 579. The molecule has 0 saturated carbocycles. The van der Waals surface area contributed by atoms with E-state index in [1.54, 1.807) is 30.3 Å². The van der Waals surface area contributed by atoms with Crippen molar-refractivity contribution in [3.8, 4) is 0 Å². The number of carbonyl (C=O) groups is 1. The Labute approximate surface area is 107 Å². The molecule has 0 bridgehead atoms. The monoisotopic (exact) mass is 265 g/mol. The zero-order valence-electron chi connectivity index (χ0n) is 9.74. The number of nitrogens with one attached hydrogen (secondary N) is 1. The van der Waals surface area contributed by atoms with Gasteiger partial charge in [-0.15, -0.1) is 0 Å². The van der Waals surface area contributed by atoms with E-state index in [4.69, 9.17) is 0 Å². The van der Waals surface area contributed by atoms with Crippen molar-refractivity contribution >= 4 is 11.6 Å². The molecule has 0 spiro atoms. The maximum Gasteiger partial charge on any atom is 0.416 e. The number of alkyl halides is 3. The molecule has 0 saturated heterocycles. The Morgan fingerprint density at radius 3 is 2.26 bits per heavy atom. The predicted octanol–water partition coefficient (Wildman–Crippen LogP) is 3.96. The van der Waals surface area contributed by atoms with Crippen LogP contribution in [0.4, 0.5) is 18.9 Å². The van der Waals surface area contributed by atoms with Crippen LogP contribution in [0.25, 0.3) is 0 Å². The van der Waals surface area contributed by atoms with Crippen molar-refractivity contribution < 1.29 is 18.0 Å². The molecule has 1 N–H and O–H groups in total. The lowest BCUT2D eigenvalue weighted by Gasteiger charge is -2.09. The zero-order chi connectivity index (χ0) is 13.9. The molecule has 0 atom stereocenters. The molecule has 0 unspecified atom stereocenters. The van der Waals surface area contributed by atoms with Crippen LogP contribution in [0.2, 0.25) is 0 Å². The van der Waals surface area contributed by atoms with Crippen LogP contribution in [0.5, 0.6) is 0 Å². The molecule has 0 fully saturated rings. The standard InChI is InChI=1S/C14H10F3NO/c15-14(16,17)11-7-4-8-12(9-11)18-13(19)10-5-2-1-3-6-10/h1-9H,(H,18,19). The molecule has 0 radical (unpaired) electrons. The average Bonchev–Trinajstić information content (AvgIpc) is 2.39. The molecule has 1 amide bonds. The normalized spacial score (nSPS) is 11.1. The van der Waals surface area contributed by atoms with Crippen LogP contribution in [0.1, 0.15) is 15.9 Å². The third-order valence-electron chi connectivity index (χ3n) is 2.48. The predicted molar refractivity (Wildman–Crippen MR) is 65.8 cm³/mol. The summed E-state index contributed by atoms with van der Waals surface area (Å²) in [4.78, 5) is 11.8. The van der Waals surface area contributed by atoms with E-state index in [2.05, 4.69) is 5.32 Å². The lowest BCUT2D eigenvalue weighted by molar-refractivity contribution is -0.137. The molecule has 2 aromatic carbocycles. The molecule has 0 aliphatic carbocycles. The molecule has 19 heavy (non-hydrogen) atoms. The fraction of sp³-hybridized carbons (Fsp3) is 0.0714. The van der Waals surface area contributed by atoms with Gasteiger partial charge in [0.05, 0.1) is 5.56 Å². The van der Waals surface area contributed by atoms with E-state index in [0.29, 0.717) is 5.56 Å². The number of benzene rings is 2. The second kappa shape index (κ2) is 5.14. The summed E-state index contributed by atoms with van der Waals surface area (Å²) in [7, 11) is 0. The molecule has 2 rings (SSSR count). The second-order valence-electron chi connectivity index (χ2n) is 3.90. The fourth-order valence-corrected chi connectivity index (χ4v) is 1.57. The molecular weight excluding hydrogens is 255 g/mol. The minimum Gasteiger partial charge on any atom is -0.322 e. The third kappa shape index (κ3) is 3.34. The molecule has 0 aliphatic heterocycles. The van der Waals surface area contributed by atoms with Gasteiger partial charge in [0.2, 0.25) is 0 Å². The number of carbonyl (C=O) groups excluding carboxylic acids is 1. The summed E-state index contributed by atoms with van der Waals surface area (Å²) in [5, 5.41) is 2.43. The summed E-state index contributed by atoms with van der Waals surface area (Å²) in [5.41, 5.74) is -0.290. The van der Waals surface area contributed by atoms with Gasteiger partial charge in [0.1, 0.15) is 0 Å². The van der Waals surface area contributed by atoms with Gasteiger partial charge in [-0.3, -0.25) is 4.79 Å². The van der Waals surface area contributed by atoms with Crippen molar-refractivity contribution in [2.24, 2.45) is 0 Å². The summed E-state index contributed by atoms with van der Waals surface area (Å²) in [6.07, 6.45) is -4.42. The largest absolute Gasteiger partial charge is 0.416 e. The van der Waals surface area contributed by atoms with E-state index < -0.39 is 17.6 Å². The minimum absolute atomic E-state index is 0.115. The highest BCUT2D eigenvalue weighted by Crippen LogP contribution is 2.30. The summed E-state index contributed by atoms with van der Waals surface area (Å²) in [5.74, 6) is -0.445. The zero-order valence-corrected chi connectivity index (χ0v) is 9.74. The Balaban J connectivity index is 2.18. The Morgan fingerprint density at radius 1 is 0.947 bits per heavy atom. The van der Waals surface area contributed by atoms with E-state index in [1.165, 1.54) is 12.1 Å². The lowest BCUT2D eigenvalue weighted by atomic mass is 10.1. The van der Waals surface area contributed by atoms with Gasteiger partial charge in [-0.2, -0.15) is 13.2 Å². The summed E-state index contributed by atoms with van der Waals surface area (Å²) < 4.78 is 37.5. The van der Waals surface area contributed by atoms with E-state index in [-0.39, 0.29) is 5.69 Å². The third-order valence-corrected chi connectivity index (χ3v) is 2.48. The van der Waals surface area contributed by atoms with Gasteiger partial charge in [0.25, 0.3) is 5.91 Å². The quantitative estimate of drug-likeness (QED) is 0.875. The van der Waals surface area contributed by atoms with Crippen LogP contribution in [0, 0.1) is 0 Å². The number of rotatable bonds is 2. The van der Waals surface area contributed by atoms with Gasteiger partial charge >= 0.3 is 6.18 Å². The Kier molecular flexibility index (Phi) is 3.55.